The van der Waals surface area contributed by atoms with Crippen LogP contribution in [0.4, 0.5) is 0 Å². The lowest BCUT2D eigenvalue weighted by atomic mass is 10.2. The maximum Gasteiger partial charge on any atom is 0.331 e. The standard InChI is InChI=1S/C17H16N2O4S/c1-12(23-15(20)8-7-13-9-10-24-11-13)16(21)18-19-17(22)14-5-3-2-4-6-14/h2-12H,1H3,(H,18,21)(H,19,22)/b8-7+/t12-/m0/s1. The summed E-state index contributed by atoms with van der Waals surface area (Å²) in [7, 11) is 0. The summed E-state index contributed by atoms with van der Waals surface area (Å²) in [5.41, 5.74) is 5.76. The molecule has 24 heavy (non-hydrogen) atoms. The van der Waals surface area contributed by atoms with E-state index in [1.807, 2.05) is 16.8 Å². The molecule has 0 spiro atoms. The molecule has 1 atom stereocenters. The van der Waals surface area contributed by atoms with E-state index in [1.54, 1.807) is 36.4 Å². The number of hydrogen-bond acceptors (Lipinski definition) is 5. The summed E-state index contributed by atoms with van der Waals surface area (Å²) in [6.07, 6.45) is 1.80. The summed E-state index contributed by atoms with van der Waals surface area (Å²) in [5.74, 6) is -1.73. The molecule has 0 aliphatic rings. The van der Waals surface area contributed by atoms with E-state index in [-0.39, 0.29) is 0 Å². The second-order valence-electron chi connectivity index (χ2n) is 4.78. The lowest BCUT2D eigenvalue weighted by Gasteiger charge is -2.13. The van der Waals surface area contributed by atoms with Crippen molar-refractivity contribution in [2.24, 2.45) is 0 Å². The summed E-state index contributed by atoms with van der Waals surface area (Å²) >= 11 is 1.51. The van der Waals surface area contributed by atoms with Crippen LogP contribution in [0.1, 0.15) is 22.8 Å². The van der Waals surface area contributed by atoms with Crippen LogP contribution in [0.3, 0.4) is 0 Å². The third kappa shape index (κ3) is 5.36. The highest BCUT2D eigenvalue weighted by Gasteiger charge is 2.17. The van der Waals surface area contributed by atoms with Gasteiger partial charge in [0.15, 0.2) is 6.10 Å². The maximum absolute atomic E-state index is 11.8. The van der Waals surface area contributed by atoms with Crippen molar-refractivity contribution in [2.75, 3.05) is 0 Å². The molecule has 0 radical (unpaired) electrons. The number of rotatable bonds is 5. The van der Waals surface area contributed by atoms with Gasteiger partial charge in [0.2, 0.25) is 0 Å². The molecule has 2 rings (SSSR count). The molecular weight excluding hydrogens is 328 g/mol. The highest BCUT2D eigenvalue weighted by Crippen LogP contribution is 2.08. The third-order valence-corrected chi connectivity index (χ3v) is 3.65. The van der Waals surface area contributed by atoms with Crippen LogP contribution in [0.5, 0.6) is 0 Å². The third-order valence-electron chi connectivity index (χ3n) is 2.95. The van der Waals surface area contributed by atoms with Crippen molar-refractivity contribution in [3.8, 4) is 0 Å². The topological polar surface area (TPSA) is 84.5 Å². The molecule has 0 saturated carbocycles. The van der Waals surface area contributed by atoms with E-state index in [0.717, 1.165) is 5.56 Å². The summed E-state index contributed by atoms with van der Waals surface area (Å²) in [6.45, 7) is 1.42. The number of benzene rings is 1. The van der Waals surface area contributed by atoms with Crippen LogP contribution < -0.4 is 10.9 Å². The van der Waals surface area contributed by atoms with Crippen LogP contribution in [0.15, 0.2) is 53.2 Å². The zero-order chi connectivity index (χ0) is 17.4. The molecule has 1 aromatic heterocycles. The monoisotopic (exact) mass is 344 g/mol. The number of carbonyl (C=O) groups is 3. The number of hydrogen-bond donors (Lipinski definition) is 2. The molecule has 0 aliphatic heterocycles. The fraction of sp³-hybridized carbons (Fsp3) is 0.118. The first-order valence-corrected chi connectivity index (χ1v) is 8.06. The molecule has 124 valence electrons. The van der Waals surface area contributed by atoms with Gasteiger partial charge in [0, 0.05) is 11.6 Å². The first-order valence-electron chi connectivity index (χ1n) is 7.12. The lowest BCUT2D eigenvalue weighted by molar-refractivity contribution is -0.150. The predicted molar refractivity (Wildman–Crippen MR) is 91.0 cm³/mol. The van der Waals surface area contributed by atoms with Gasteiger partial charge in [0.05, 0.1) is 0 Å². The van der Waals surface area contributed by atoms with Crippen LogP contribution >= 0.6 is 11.3 Å². The summed E-state index contributed by atoms with van der Waals surface area (Å²) in [4.78, 5) is 35.2. The molecule has 0 saturated heterocycles. The van der Waals surface area contributed by atoms with E-state index in [0.29, 0.717) is 5.56 Å². The van der Waals surface area contributed by atoms with Gasteiger partial charge in [0.1, 0.15) is 0 Å². The van der Waals surface area contributed by atoms with Crippen molar-refractivity contribution in [3.63, 3.8) is 0 Å². The van der Waals surface area contributed by atoms with Crippen LogP contribution in [-0.2, 0) is 14.3 Å². The Morgan fingerprint density at radius 3 is 2.54 bits per heavy atom. The van der Waals surface area contributed by atoms with E-state index in [1.165, 1.54) is 24.3 Å². The smallest absolute Gasteiger partial charge is 0.331 e. The Balaban J connectivity index is 1.77. The van der Waals surface area contributed by atoms with Gasteiger partial charge in [-0.1, -0.05) is 18.2 Å². The molecule has 0 bridgehead atoms. The minimum atomic E-state index is -1.04. The van der Waals surface area contributed by atoms with Crippen molar-refractivity contribution in [1.29, 1.82) is 0 Å². The molecule has 0 fully saturated rings. The van der Waals surface area contributed by atoms with Gasteiger partial charge in [-0.2, -0.15) is 11.3 Å². The van der Waals surface area contributed by atoms with Crippen molar-refractivity contribution < 1.29 is 19.1 Å². The molecule has 1 heterocycles. The number of esters is 1. The fourth-order valence-corrected chi connectivity index (χ4v) is 2.31. The van der Waals surface area contributed by atoms with E-state index in [2.05, 4.69) is 10.9 Å². The van der Waals surface area contributed by atoms with E-state index in [4.69, 9.17) is 4.74 Å². The molecule has 6 nitrogen and oxygen atoms in total. The number of nitrogens with one attached hydrogen (secondary N) is 2. The number of amides is 2. The van der Waals surface area contributed by atoms with Gasteiger partial charge in [-0.05, 0) is 47.5 Å². The number of hydrazine groups is 1. The van der Waals surface area contributed by atoms with Gasteiger partial charge in [-0.25, -0.2) is 4.79 Å². The van der Waals surface area contributed by atoms with E-state index >= 15 is 0 Å². The second kappa shape index (κ2) is 8.64. The van der Waals surface area contributed by atoms with Gasteiger partial charge in [0.25, 0.3) is 11.8 Å². The summed E-state index contributed by atoms with van der Waals surface area (Å²) in [6, 6.07) is 10.3. The van der Waals surface area contributed by atoms with Crippen molar-refractivity contribution in [3.05, 3.63) is 64.4 Å². The first-order chi connectivity index (χ1) is 11.6. The van der Waals surface area contributed by atoms with Gasteiger partial charge >= 0.3 is 5.97 Å². The number of ether oxygens (including phenoxy) is 1. The quantitative estimate of drug-likeness (QED) is 0.494. The van der Waals surface area contributed by atoms with Crippen molar-refractivity contribution in [1.82, 2.24) is 10.9 Å². The number of thiophene rings is 1. The summed E-state index contributed by atoms with van der Waals surface area (Å²) in [5, 5.41) is 3.76. The SMILES string of the molecule is C[C@H](OC(=O)/C=C/c1ccsc1)C(=O)NNC(=O)c1ccccc1. The Bertz CT molecular complexity index is 726. The Morgan fingerprint density at radius 1 is 1.12 bits per heavy atom. The van der Waals surface area contributed by atoms with Gasteiger partial charge < -0.3 is 4.74 Å². The molecule has 0 unspecified atom stereocenters. The molecule has 2 aromatic rings. The lowest BCUT2D eigenvalue weighted by Crippen LogP contribution is -2.46. The van der Waals surface area contributed by atoms with Gasteiger partial charge in [-0.3, -0.25) is 20.4 Å². The molecule has 0 aliphatic carbocycles. The van der Waals surface area contributed by atoms with Crippen LogP contribution in [0.25, 0.3) is 6.08 Å². The molecular formula is C17H16N2O4S. The fourth-order valence-electron chi connectivity index (χ4n) is 1.68. The predicted octanol–water partition coefficient (Wildman–Crippen LogP) is 2.15. The average molecular weight is 344 g/mol. The highest BCUT2D eigenvalue weighted by atomic mass is 32.1. The van der Waals surface area contributed by atoms with E-state index < -0.39 is 23.9 Å². The zero-order valence-electron chi connectivity index (χ0n) is 12.9. The largest absolute Gasteiger partial charge is 0.449 e. The molecule has 7 heteroatoms. The zero-order valence-corrected chi connectivity index (χ0v) is 13.7. The molecule has 2 N–H and O–H groups in total. The van der Waals surface area contributed by atoms with Crippen LogP contribution in [-0.4, -0.2) is 23.9 Å². The summed E-state index contributed by atoms with van der Waals surface area (Å²) < 4.78 is 4.96. The Labute approximate surface area is 143 Å². The highest BCUT2D eigenvalue weighted by molar-refractivity contribution is 7.08. The normalized spacial score (nSPS) is 11.7. The maximum atomic E-state index is 11.8. The van der Waals surface area contributed by atoms with E-state index in [9.17, 15) is 14.4 Å². The molecule has 2 amide bonds. The first kappa shape index (κ1) is 17.4. The minimum Gasteiger partial charge on any atom is -0.449 e. The second-order valence-corrected chi connectivity index (χ2v) is 5.56. The Morgan fingerprint density at radius 2 is 1.88 bits per heavy atom. The van der Waals surface area contributed by atoms with Crippen molar-refractivity contribution >= 4 is 35.2 Å². The van der Waals surface area contributed by atoms with Gasteiger partial charge in [-0.15, -0.1) is 0 Å². The Hall–Kier alpha value is -2.93. The minimum absolute atomic E-state index is 0.404. The Kier molecular flexibility index (Phi) is 6.27. The van der Waals surface area contributed by atoms with Crippen LogP contribution in [0.2, 0.25) is 0 Å². The average Bonchev–Trinajstić information content (AvgIpc) is 3.11. The van der Waals surface area contributed by atoms with Crippen LogP contribution in [0, 0.1) is 0 Å². The number of carbonyl (C=O) groups excluding carboxylic acids is 3. The molecule has 1 aromatic carbocycles. The van der Waals surface area contributed by atoms with Crippen molar-refractivity contribution in [2.45, 2.75) is 13.0 Å².